The molecular weight excluding hydrogens is 252 g/mol. The van der Waals surface area contributed by atoms with Crippen molar-refractivity contribution in [1.82, 2.24) is 4.98 Å². The standard InChI is InChI=1S/C12H10N2O5/c13-5-4-8(15)10(16)6-2-1-3-7-9(6)11(17)19-12(18)14-7/h1-3,8,10,15-16H,4H2,(H,14,18). The van der Waals surface area contributed by atoms with Gasteiger partial charge in [0.25, 0.3) is 0 Å². The normalized spacial score (nSPS) is 13.9. The van der Waals surface area contributed by atoms with Crippen molar-refractivity contribution in [3.63, 3.8) is 0 Å². The number of rotatable bonds is 3. The minimum atomic E-state index is -1.42. The number of aromatic amines is 1. The van der Waals surface area contributed by atoms with Crippen LogP contribution in [-0.2, 0) is 0 Å². The van der Waals surface area contributed by atoms with Crippen LogP contribution in [0.2, 0.25) is 0 Å². The van der Waals surface area contributed by atoms with E-state index in [4.69, 9.17) is 5.26 Å². The van der Waals surface area contributed by atoms with Gasteiger partial charge >= 0.3 is 11.4 Å². The number of aliphatic hydroxyl groups is 2. The number of nitrogens with zero attached hydrogens (tertiary/aromatic N) is 1. The molecule has 7 heteroatoms. The molecule has 7 nitrogen and oxygen atoms in total. The van der Waals surface area contributed by atoms with Crippen LogP contribution in [0, 0.1) is 11.3 Å². The zero-order chi connectivity index (χ0) is 14.0. The second kappa shape index (κ2) is 5.06. The molecule has 0 saturated carbocycles. The summed E-state index contributed by atoms with van der Waals surface area (Å²) >= 11 is 0. The molecule has 3 N–H and O–H groups in total. The molecule has 2 aromatic rings. The van der Waals surface area contributed by atoms with Gasteiger partial charge in [0.05, 0.1) is 29.5 Å². The van der Waals surface area contributed by atoms with Crippen LogP contribution in [0.3, 0.4) is 0 Å². The molecule has 1 heterocycles. The molecule has 0 saturated heterocycles. The predicted octanol–water partition coefficient (Wildman–Crippen LogP) is -0.211. The van der Waals surface area contributed by atoms with Crippen molar-refractivity contribution in [1.29, 1.82) is 5.26 Å². The smallest absolute Gasteiger partial charge is 0.389 e. The number of benzene rings is 1. The maximum Gasteiger partial charge on any atom is 0.419 e. The van der Waals surface area contributed by atoms with Gasteiger partial charge in [-0.1, -0.05) is 12.1 Å². The number of fused-ring (bicyclic) bond motifs is 1. The number of hydrogen-bond acceptors (Lipinski definition) is 6. The Balaban J connectivity index is 2.65. The van der Waals surface area contributed by atoms with Gasteiger partial charge in [0, 0.05) is 0 Å². The molecule has 2 atom stereocenters. The maximum absolute atomic E-state index is 11.7. The summed E-state index contributed by atoms with van der Waals surface area (Å²) in [6, 6.07) is 6.12. The second-order valence-electron chi connectivity index (χ2n) is 3.95. The third kappa shape index (κ3) is 2.40. The van der Waals surface area contributed by atoms with Crippen molar-refractivity contribution < 1.29 is 14.6 Å². The largest absolute Gasteiger partial charge is 0.419 e. The minimum Gasteiger partial charge on any atom is -0.389 e. The van der Waals surface area contributed by atoms with Crippen LogP contribution in [-0.4, -0.2) is 21.3 Å². The molecule has 0 radical (unpaired) electrons. The highest BCUT2D eigenvalue weighted by Crippen LogP contribution is 2.23. The van der Waals surface area contributed by atoms with E-state index in [-0.39, 0.29) is 22.9 Å². The molecule has 0 aliphatic heterocycles. The molecule has 1 aromatic carbocycles. The molecule has 0 spiro atoms. The minimum absolute atomic E-state index is 0.0217. The average Bonchev–Trinajstić information content (AvgIpc) is 2.37. The van der Waals surface area contributed by atoms with Gasteiger partial charge in [-0.3, -0.25) is 4.98 Å². The van der Waals surface area contributed by atoms with Crippen LogP contribution in [0.1, 0.15) is 18.1 Å². The Bertz CT molecular complexity index is 755. The van der Waals surface area contributed by atoms with E-state index in [0.717, 1.165) is 0 Å². The lowest BCUT2D eigenvalue weighted by Gasteiger charge is -2.16. The summed E-state index contributed by atoms with van der Waals surface area (Å²) in [5.74, 6) is -0.901. The van der Waals surface area contributed by atoms with E-state index in [1.807, 2.05) is 0 Å². The van der Waals surface area contributed by atoms with Crippen molar-refractivity contribution in [3.8, 4) is 6.07 Å². The van der Waals surface area contributed by atoms with Crippen LogP contribution < -0.4 is 11.4 Å². The fraction of sp³-hybridized carbons (Fsp3) is 0.250. The Morgan fingerprint density at radius 3 is 2.79 bits per heavy atom. The van der Waals surface area contributed by atoms with E-state index >= 15 is 0 Å². The molecular formula is C12H10N2O5. The number of H-pyrrole nitrogens is 1. The summed E-state index contributed by atoms with van der Waals surface area (Å²) in [4.78, 5) is 25.0. The number of aliphatic hydroxyl groups excluding tert-OH is 2. The van der Waals surface area contributed by atoms with Gasteiger partial charge in [-0.15, -0.1) is 0 Å². The third-order valence-corrected chi connectivity index (χ3v) is 2.71. The topological polar surface area (TPSA) is 127 Å². The molecule has 0 aliphatic carbocycles. The molecule has 0 amide bonds. The summed E-state index contributed by atoms with van der Waals surface area (Å²) < 4.78 is 4.40. The summed E-state index contributed by atoms with van der Waals surface area (Å²) in [7, 11) is 0. The van der Waals surface area contributed by atoms with Crippen molar-refractivity contribution in [2.75, 3.05) is 0 Å². The first-order chi connectivity index (χ1) is 9.04. The third-order valence-electron chi connectivity index (χ3n) is 2.71. The van der Waals surface area contributed by atoms with E-state index in [2.05, 4.69) is 9.40 Å². The SMILES string of the molecule is N#CCC(O)C(O)c1cccc2[nH]c(=O)oc(=O)c12. The van der Waals surface area contributed by atoms with Gasteiger partial charge in [-0.2, -0.15) is 5.26 Å². The van der Waals surface area contributed by atoms with Crippen molar-refractivity contribution in [2.45, 2.75) is 18.6 Å². The fourth-order valence-electron chi connectivity index (χ4n) is 1.83. The monoisotopic (exact) mass is 262 g/mol. The van der Waals surface area contributed by atoms with E-state index < -0.39 is 23.6 Å². The van der Waals surface area contributed by atoms with E-state index in [0.29, 0.717) is 0 Å². The Kier molecular flexibility index (Phi) is 3.46. The molecule has 0 bridgehead atoms. The number of nitrogens with one attached hydrogen (secondary N) is 1. The van der Waals surface area contributed by atoms with Crippen molar-refractivity contribution >= 4 is 10.9 Å². The van der Waals surface area contributed by atoms with E-state index in [1.165, 1.54) is 18.2 Å². The highest BCUT2D eigenvalue weighted by molar-refractivity contribution is 5.81. The lowest BCUT2D eigenvalue weighted by atomic mass is 9.99. The quantitative estimate of drug-likeness (QED) is 0.702. The molecule has 98 valence electrons. The second-order valence-corrected chi connectivity index (χ2v) is 3.95. The summed E-state index contributed by atoms with van der Waals surface area (Å²) in [5.41, 5.74) is -0.607. The Morgan fingerprint density at radius 1 is 1.37 bits per heavy atom. The Labute approximate surface area is 106 Å². The van der Waals surface area contributed by atoms with Crippen LogP contribution in [0.4, 0.5) is 0 Å². The first kappa shape index (κ1) is 13.0. The Morgan fingerprint density at radius 2 is 2.11 bits per heavy atom. The predicted molar refractivity (Wildman–Crippen MR) is 64.3 cm³/mol. The number of nitriles is 1. The van der Waals surface area contributed by atoms with Crippen LogP contribution >= 0.6 is 0 Å². The molecule has 1 aromatic heterocycles. The van der Waals surface area contributed by atoms with Crippen LogP contribution in [0.5, 0.6) is 0 Å². The molecule has 19 heavy (non-hydrogen) atoms. The van der Waals surface area contributed by atoms with Crippen LogP contribution in [0.15, 0.2) is 32.2 Å². The maximum atomic E-state index is 11.7. The van der Waals surface area contributed by atoms with Gasteiger partial charge in [-0.05, 0) is 11.6 Å². The van der Waals surface area contributed by atoms with Gasteiger partial charge in [-0.25, -0.2) is 9.59 Å². The number of hydrogen-bond donors (Lipinski definition) is 3. The van der Waals surface area contributed by atoms with Gasteiger partial charge in [0.1, 0.15) is 6.10 Å². The molecule has 2 unspecified atom stereocenters. The van der Waals surface area contributed by atoms with E-state index in [9.17, 15) is 19.8 Å². The lowest BCUT2D eigenvalue weighted by molar-refractivity contribution is 0.0224. The van der Waals surface area contributed by atoms with Crippen molar-refractivity contribution in [2.24, 2.45) is 0 Å². The highest BCUT2D eigenvalue weighted by atomic mass is 16.4. The summed E-state index contributed by atoms with van der Waals surface area (Å²) in [6.07, 6.45) is -3.04. The fourth-order valence-corrected chi connectivity index (χ4v) is 1.83. The van der Waals surface area contributed by atoms with Gasteiger partial charge in [0.15, 0.2) is 0 Å². The summed E-state index contributed by atoms with van der Waals surface area (Å²) in [6.45, 7) is 0. The first-order valence-corrected chi connectivity index (χ1v) is 5.43. The van der Waals surface area contributed by atoms with Crippen LogP contribution in [0.25, 0.3) is 10.9 Å². The van der Waals surface area contributed by atoms with Gasteiger partial charge in [0.2, 0.25) is 0 Å². The summed E-state index contributed by atoms with van der Waals surface area (Å²) in [5, 5.41) is 28.0. The van der Waals surface area contributed by atoms with E-state index in [1.54, 1.807) is 6.07 Å². The molecule has 2 rings (SSSR count). The Hall–Kier alpha value is -2.43. The van der Waals surface area contributed by atoms with Crippen molar-refractivity contribution in [3.05, 3.63) is 44.7 Å². The van der Waals surface area contributed by atoms with Gasteiger partial charge < -0.3 is 14.6 Å². The highest BCUT2D eigenvalue weighted by Gasteiger charge is 2.22. The average molecular weight is 262 g/mol. The first-order valence-electron chi connectivity index (χ1n) is 5.43. The number of aromatic nitrogens is 1. The zero-order valence-electron chi connectivity index (χ0n) is 9.66. The zero-order valence-corrected chi connectivity index (χ0v) is 9.66. The molecule has 0 fully saturated rings. The lowest BCUT2D eigenvalue weighted by Crippen LogP contribution is -2.21. The molecule has 0 aliphatic rings.